The molecule has 0 amide bonds. The molecule has 0 heterocycles. The van der Waals surface area contributed by atoms with Crippen LogP contribution in [0.3, 0.4) is 0 Å². The first-order valence-corrected chi connectivity index (χ1v) is 18.7. The highest BCUT2D eigenvalue weighted by atomic mass is 28.3. The van der Waals surface area contributed by atoms with E-state index in [0.717, 1.165) is 22.4 Å². The van der Waals surface area contributed by atoms with Crippen molar-refractivity contribution < 1.29 is 27.9 Å². The second-order valence-corrected chi connectivity index (χ2v) is 16.8. The van der Waals surface area contributed by atoms with Crippen molar-refractivity contribution in [2.45, 2.75) is 98.3 Å². The van der Waals surface area contributed by atoms with E-state index in [1.807, 2.05) is 25.2 Å². The van der Waals surface area contributed by atoms with Crippen molar-refractivity contribution in [2.75, 3.05) is 14.2 Å². The number of carbonyl (C=O) groups is 2. The number of benzene rings is 2. The van der Waals surface area contributed by atoms with Crippen LogP contribution in [0.25, 0.3) is 0 Å². The van der Waals surface area contributed by atoms with E-state index in [0.29, 0.717) is 29.2 Å². The Kier molecular flexibility index (Phi) is 11.2. The van der Waals surface area contributed by atoms with Crippen LogP contribution < -0.4 is 18.3 Å². The molecule has 40 heavy (non-hydrogen) atoms. The number of hydrogen-bond donors (Lipinski definition) is 0. The Morgan fingerprint density at radius 3 is 1.62 bits per heavy atom. The molecule has 0 aliphatic heterocycles. The first-order chi connectivity index (χ1) is 18.4. The molecule has 0 aliphatic rings. The van der Waals surface area contributed by atoms with Gasteiger partial charge in [-0.25, -0.2) is 0 Å². The third-order valence-electron chi connectivity index (χ3n) is 6.72. The van der Waals surface area contributed by atoms with Crippen LogP contribution in [-0.4, -0.2) is 43.9 Å². The number of ether oxygens (including phenoxy) is 2. The fourth-order valence-electron chi connectivity index (χ4n) is 4.62. The number of Topliss-reactive ketones (excluding diaryl/α,β-unsaturated/α-hetero) is 2. The van der Waals surface area contributed by atoms with Crippen LogP contribution >= 0.6 is 0 Å². The molecule has 2 aromatic carbocycles. The normalized spacial score (nSPS) is 12.9. The highest BCUT2D eigenvalue weighted by molar-refractivity contribution is 6.49. The molecule has 0 bridgehead atoms. The molecular weight excluding hydrogens is 537 g/mol. The lowest BCUT2D eigenvalue weighted by Gasteiger charge is -2.27. The maximum atomic E-state index is 13.7. The van der Waals surface area contributed by atoms with Crippen molar-refractivity contribution in [3.05, 3.63) is 46.5 Å². The molecule has 2 rings (SSSR count). The van der Waals surface area contributed by atoms with E-state index in [4.69, 9.17) is 18.3 Å². The largest absolute Gasteiger partial charge is 0.540 e. The first kappa shape index (κ1) is 33.6. The maximum absolute atomic E-state index is 13.7. The zero-order valence-electron chi connectivity index (χ0n) is 26.8. The van der Waals surface area contributed by atoms with Crippen molar-refractivity contribution in [2.24, 2.45) is 5.92 Å². The molecule has 0 aliphatic carbocycles. The van der Waals surface area contributed by atoms with Gasteiger partial charge in [-0.2, -0.15) is 0 Å². The molecule has 220 valence electrons. The monoisotopic (exact) mass is 584 g/mol. The molecule has 0 spiro atoms. The van der Waals surface area contributed by atoms with Gasteiger partial charge in [0.1, 0.15) is 11.5 Å². The molecule has 6 nitrogen and oxygen atoms in total. The SMILES string of the molecule is COc1c(C(C)(C)C)ccc(CCC(=O)C(C)C(=O)c2ccc(C(C)(C)C)c(OC)c2O[Si](C)C)c1O[Si](C)C. The Hall–Kier alpha value is -2.59. The third kappa shape index (κ3) is 8.00. The summed E-state index contributed by atoms with van der Waals surface area (Å²) in [6.07, 6.45) is 0.662. The number of rotatable bonds is 12. The van der Waals surface area contributed by atoms with Crippen LogP contribution in [-0.2, 0) is 22.0 Å². The number of ketones is 2. The van der Waals surface area contributed by atoms with Crippen molar-refractivity contribution in [3.8, 4) is 23.0 Å². The predicted molar refractivity (Wildman–Crippen MR) is 166 cm³/mol. The minimum atomic E-state index is -1.20. The van der Waals surface area contributed by atoms with Gasteiger partial charge in [-0.15, -0.1) is 0 Å². The lowest BCUT2D eigenvalue weighted by molar-refractivity contribution is -0.121. The molecule has 0 fully saturated rings. The minimum Gasteiger partial charge on any atom is -0.540 e. The predicted octanol–water partition coefficient (Wildman–Crippen LogP) is 7.58. The molecule has 8 heteroatoms. The molecule has 1 atom stereocenters. The van der Waals surface area contributed by atoms with E-state index in [2.05, 4.69) is 60.7 Å². The van der Waals surface area contributed by atoms with E-state index in [-0.39, 0.29) is 28.8 Å². The molecule has 0 aromatic heterocycles. The fraction of sp³-hybridized carbons (Fsp3) is 0.562. The van der Waals surface area contributed by atoms with Crippen LogP contribution in [0.2, 0.25) is 26.2 Å². The average molecular weight is 585 g/mol. The van der Waals surface area contributed by atoms with E-state index in [1.165, 1.54) is 0 Å². The fourth-order valence-corrected chi connectivity index (χ4v) is 5.86. The Morgan fingerprint density at radius 2 is 1.18 bits per heavy atom. The topological polar surface area (TPSA) is 71.1 Å². The highest BCUT2D eigenvalue weighted by Crippen LogP contribution is 2.43. The number of carbonyl (C=O) groups excluding carboxylic acids is 2. The summed E-state index contributed by atoms with van der Waals surface area (Å²) in [4.78, 5) is 27.1. The Morgan fingerprint density at radius 1 is 0.725 bits per heavy atom. The van der Waals surface area contributed by atoms with Crippen LogP contribution in [0.4, 0.5) is 0 Å². The van der Waals surface area contributed by atoms with Gasteiger partial charge in [0.05, 0.1) is 25.7 Å². The van der Waals surface area contributed by atoms with Gasteiger partial charge in [-0.05, 0) is 62.0 Å². The van der Waals surface area contributed by atoms with Crippen LogP contribution in [0.5, 0.6) is 23.0 Å². The zero-order chi connectivity index (χ0) is 30.6. The molecule has 2 aromatic rings. The molecule has 0 saturated carbocycles. The molecule has 2 radical (unpaired) electrons. The van der Waals surface area contributed by atoms with Gasteiger partial charge < -0.3 is 18.3 Å². The first-order valence-electron chi connectivity index (χ1n) is 13.9. The summed E-state index contributed by atoms with van der Waals surface area (Å²) in [6.45, 7) is 22.5. The third-order valence-corrected chi connectivity index (χ3v) is 7.95. The summed E-state index contributed by atoms with van der Waals surface area (Å²) in [7, 11) is 0.964. The molecule has 0 saturated heterocycles. The maximum Gasteiger partial charge on any atom is 0.274 e. The van der Waals surface area contributed by atoms with Gasteiger partial charge in [-0.3, -0.25) is 9.59 Å². The summed E-state index contributed by atoms with van der Waals surface area (Å²) >= 11 is 0. The number of aryl methyl sites for hydroxylation is 1. The summed E-state index contributed by atoms with van der Waals surface area (Å²) in [5.74, 6) is 1.22. The summed E-state index contributed by atoms with van der Waals surface area (Å²) in [5.41, 5.74) is 2.97. The Bertz CT molecular complexity index is 1210. The van der Waals surface area contributed by atoms with E-state index in [1.54, 1.807) is 27.2 Å². The van der Waals surface area contributed by atoms with Crippen molar-refractivity contribution in [1.82, 2.24) is 0 Å². The van der Waals surface area contributed by atoms with Crippen LogP contribution in [0, 0.1) is 5.92 Å². The van der Waals surface area contributed by atoms with Gasteiger partial charge >= 0.3 is 0 Å². The van der Waals surface area contributed by atoms with Gasteiger partial charge in [0, 0.05) is 17.5 Å². The van der Waals surface area contributed by atoms with Gasteiger partial charge in [0.25, 0.3) is 18.1 Å². The standard InChI is InChI=1S/C32H48O6Si2/c1-20(26(34)22-16-18-24(32(5,6)7)30(36-9)28(22)38-40(12)13)25(33)19-15-21-14-17-23(31(2,3)4)29(35-8)27(21)37-39(10)11/h14,16-18,20H,15,19H2,1-13H3. The van der Waals surface area contributed by atoms with Crippen LogP contribution in [0.1, 0.15) is 81.9 Å². The second-order valence-electron chi connectivity index (χ2n) is 12.7. The quantitative estimate of drug-likeness (QED) is 0.145. The summed E-state index contributed by atoms with van der Waals surface area (Å²) in [6, 6.07) is 7.77. The second kappa shape index (κ2) is 13.4. The van der Waals surface area contributed by atoms with E-state index >= 15 is 0 Å². The van der Waals surface area contributed by atoms with Crippen LogP contribution in [0.15, 0.2) is 24.3 Å². The van der Waals surface area contributed by atoms with Crippen molar-refractivity contribution in [1.29, 1.82) is 0 Å². The summed E-state index contributed by atoms with van der Waals surface area (Å²) in [5, 5.41) is 0. The Labute approximate surface area is 245 Å². The smallest absolute Gasteiger partial charge is 0.274 e. The van der Waals surface area contributed by atoms with E-state index in [9.17, 15) is 9.59 Å². The van der Waals surface area contributed by atoms with Gasteiger partial charge in [0.2, 0.25) is 0 Å². The van der Waals surface area contributed by atoms with Crippen molar-refractivity contribution in [3.63, 3.8) is 0 Å². The average Bonchev–Trinajstić information content (AvgIpc) is 2.84. The molecule has 0 N–H and O–H groups in total. The van der Waals surface area contributed by atoms with Gasteiger partial charge in [0.15, 0.2) is 23.0 Å². The number of methoxy groups -OCH3 is 2. The zero-order valence-corrected chi connectivity index (χ0v) is 28.8. The Balaban J connectivity index is 2.41. The van der Waals surface area contributed by atoms with Crippen molar-refractivity contribution >= 4 is 29.6 Å². The van der Waals surface area contributed by atoms with Gasteiger partial charge in [-0.1, -0.05) is 59.7 Å². The lowest BCUT2D eigenvalue weighted by Crippen LogP contribution is -2.25. The van der Waals surface area contributed by atoms with E-state index < -0.39 is 24.0 Å². The summed E-state index contributed by atoms with van der Waals surface area (Å²) < 4.78 is 24.1. The lowest BCUT2D eigenvalue weighted by atomic mass is 9.83. The minimum absolute atomic E-state index is 0.128. The molecular formula is C32H48O6Si2. The molecule has 1 unspecified atom stereocenters. The highest BCUT2D eigenvalue weighted by Gasteiger charge is 2.31. The number of hydrogen-bond acceptors (Lipinski definition) is 6.